The van der Waals surface area contributed by atoms with E-state index in [-0.39, 0.29) is 12.2 Å². The fraction of sp³-hybridized carbons (Fsp3) is 0.733. The number of rotatable bonds is 4. The molecule has 0 bridgehead atoms. The quantitative estimate of drug-likeness (QED) is 0.912. The van der Waals surface area contributed by atoms with E-state index in [4.69, 9.17) is 9.72 Å². The van der Waals surface area contributed by atoms with Crippen LogP contribution in [0.4, 0.5) is 5.69 Å². The maximum Gasteiger partial charge on any atom is 0.131 e. The molecule has 2 rings (SSSR count). The van der Waals surface area contributed by atoms with Gasteiger partial charge in [-0.05, 0) is 20.9 Å². The van der Waals surface area contributed by atoms with Gasteiger partial charge in [0.05, 0.1) is 29.8 Å². The molecule has 1 saturated heterocycles. The van der Waals surface area contributed by atoms with Crippen LogP contribution >= 0.6 is 0 Å². The molecule has 1 aromatic heterocycles. The zero-order valence-corrected chi connectivity index (χ0v) is 13.2. The van der Waals surface area contributed by atoms with E-state index in [1.54, 1.807) is 0 Å². The Morgan fingerprint density at radius 3 is 2.55 bits per heavy atom. The third-order valence-electron chi connectivity index (χ3n) is 3.49. The Morgan fingerprint density at radius 1 is 1.35 bits per heavy atom. The van der Waals surface area contributed by atoms with Crippen molar-refractivity contribution in [2.45, 2.75) is 52.4 Å². The molecule has 0 spiro atoms. The number of ether oxygens (including phenoxy) is 1. The molecule has 112 valence electrons. The summed E-state index contributed by atoms with van der Waals surface area (Å²) in [5, 5.41) is 3.20. The van der Waals surface area contributed by atoms with E-state index in [2.05, 4.69) is 42.9 Å². The summed E-state index contributed by atoms with van der Waals surface area (Å²) in [6.45, 7) is 11.0. The number of aromatic nitrogens is 2. The number of hydrogen-bond acceptors (Lipinski definition) is 5. The molecule has 0 saturated carbocycles. The molecule has 5 heteroatoms. The molecule has 1 aromatic rings. The van der Waals surface area contributed by atoms with Gasteiger partial charge in [-0.15, -0.1) is 0 Å². The Morgan fingerprint density at radius 2 is 2.00 bits per heavy atom. The first-order chi connectivity index (χ1) is 9.51. The lowest BCUT2D eigenvalue weighted by atomic mass is 10.1. The number of nitrogens with one attached hydrogen (secondary N) is 1. The van der Waals surface area contributed by atoms with Crippen molar-refractivity contribution in [2.75, 3.05) is 25.0 Å². The van der Waals surface area contributed by atoms with Gasteiger partial charge in [-0.3, -0.25) is 0 Å². The van der Waals surface area contributed by atoms with Gasteiger partial charge >= 0.3 is 0 Å². The van der Waals surface area contributed by atoms with Crippen LogP contribution in [0.25, 0.3) is 0 Å². The molecule has 2 heterocycles. The summed E-state index contributed by atoms with van der Waals surface area (Å²) in [4.78, 5) is 11.6. The number of hydrogen-bond donors (Lipinski definition) is 1. The van der Waals surface area contributed by atoms with Crippen LogP contribution in [0.15, 0.2) is 6.20 Å². The summed E-state index contributed by atoms with van der Waals surface area (Å²) < 4.78 is 5.80. The van der Waals surface area contributed by atoms with E-state index in [1.165, 1.54) is 0 Å². The van der Waals surface area contributed by atoms with Gasteiger partial charge in [-0.2, -0.15) is 0 Å². The second kappa shape index (κ2) is 6.50. The van der Waals surface area contributed by atoms with Crippen LogP contribution in [-0.4, -0.2) is 42.3 Å². The third kappa shape index (κ3) is 3.46. The van der Waals surface area contributed by atoms with Gasteiger partial charge in [0.15, 0.2) is 0 Å². The molecule has 2 atom stereocenters. The maximum atomic E-state index is 5.80. The van der Waals surface area contributed by atoms with Crippen molar-refractivity contribution in [2.24, 2.45) is 0 Å². The van der Waals surface area contributed by atoms with E-state index < -0.39 is 0 Å². The minimum Gasteiger partial charge on any atom is -0.372 e. The summed E-state index contributed by atoms with van der Waals surface area (Å²) >= 11 is 0. The first-order valence-electron chi connectivity index (χ1n) is 7.42. The van der Waals surface area contributed by atoms with Crippen molar-refractivity contribution < 1.29 is 4.74 Å². The van der Waals surface area contributed by atoms with Crippen LogP contribution in [-0.2, 0) is 11.3 Å². The smallest absolute Gasteiger partial charge is 0.131 e. The molecule has 0 aromatic carbocycles. The Hall–Kier alpha value is -1.20. The highest BCUT2D eigenvalue weighted by Crippen LogP contribution is 2.24. The summed E-state index contributed by atoms with van der Waals surface area (Å²) in [5.41, 5.74) is 2.21. The Balaban J connectivity index is 2.29. The lowest BCUT2D eigenvalue weighted by molar-refractivity contribution is -0.00530. The van der Waals surface area contributed by atoms with Gasteiger partial charge in [-0.25, -0.2) is 9.97 Å². The highest BCUT2D eigenvalue weighted by Gasteiger charge is 2.25. The van der Waals surface area contributed by atoms with E-state index in [0.29, 0.717) is 5.92 Å². The van der Waals surface area contributed by atoms with Crippen molar-refractivity contribution in [3.8, 4) is 0 Å². The Bertz CT molecular complexity index is 439. The molecule has 2 unspecified atom stereocenters. The molecule has 0 amide bonds. The first kappa shape index (κ1) is 15.2. The molecule has 1 aliphatic heterocycles. The van der Waals surface area contributed by atoms with Gasteiger partial charge in [0, 0.05) is 25.6 Å². The largest absolute Gasteiger partial charge is 0.372 e. The van der Waals surface area contributed by atoms with Crippen molar-refractivity contribution in [1.82, 2.24) is 15.3 Å². The van der Waals surface area contributed by atoms with Gasteiger partial charge in [0.25, 0.3) is 0 Å². The minimum absolute atomic E-state index is 0.242. The fourth-order valence-electron chi connectivity index (χ4n) is 2.64. The maximum absolute atomic E-state index is 5.80. The van der Waals surface area contributed by atoms with Crippen molar-refractivity contribution in [3.63, 3.8) is 0 Å². The number of anilines is 1. The predicted octanol–water partition coefficient (Wildman–Crippen LogP) is 1.93. The normalized spacial score (nSPS) is 23.4. The van der Waals surface area contributed by atoms with Crippen molar-refractivity contribution in [3.05, 3.63) is 17.7 Å². The summed E-state index contributed by atoms with van der Waals surface area (Å²) in [5.74, 6) is 1.26. The molecule has 0 radical (unpaired) electrons. The highest BCUT2D eigenvalue weighted by atomic mass is 16.5. The highest BCUT2D eigenvalue weighted by molar-refractivity contribution is 5.50. The van der Waals surface area contributed by atoms with Crippen LogP contribution in [0.1, 0.15) is 45.1 Å². The molecule has 5 nitrogen and oxygen atoms in total. The molecule has 1 N–H and O–H groups in total. The lowest BCUT2D eigenvalue weighted by Gasteiger charge is -2.37. The summed E-state index contributed by atoms with van der Waals surface area (Å²) in [7, 11) is 1.95. The first-order valence-corrected chi connectivity index (χ1v) is 7.42. The Labute approximate surface area is 121 Å². The van der Waals surface area contributed by atoms with E-state index in [1.807, 2.05) is 13.2 Å². The second-order valence-corrected chi connectivity index (χ2v) is 5.91. The van der Waals surface area contributed by atoms with Gasteiger partial charge in [0.2, 0.25) is 0 Å². The van der Waals surface area contributed by atoms with Gasteiger partial charge in [0.1, 0.15) is 5.82 Å². The minimum atomic E-state index is 0.242. The summed E-state index contributed by atoms with van der Waals surface area (Å²) in [6.07, 6.45) is 2.46. The van der Waals surface area contributed by atoms with E-state index in [0.717, 1.165) is 36.8 Å². The average Bonchev–Trinajstić information content (AvgIpc) is 2.37. The zero-order chi connectivity index (χ0) is 14.7. The standard InChI is InChI=1S/C15H26N4O/c1-10(2)15-17-7-14(13(18-15)6-16-5)19-8-11(3)20-12(4)9-19/h7,10-12,16H,6,8-9H2,1-5H3. The molecule has 1 aliphatic rings. The molecular weight excluding hydrogens is 252 g/mol. The zero-order valence-electron chi connectivity index (χ0n) is 13.2. The Kier molecular flexibility index (Phi) is 4.94. The third-order valence-corrected chi connectivity index (χ3v) is 3.49. The molecular formula is C15H26N4O. The predicted molar refractivity (Wildman–Crippen MR) is 81.1 cm³/mol. The van der Waals surface area contributed by atoms with Gasteiger partial charge < -0.3 is 15.0 Å². The van der Waals surface area contributed by atoms with Crippen LogP contribution < -0.4 is 10.2 Å². The molecule has 0 aliphatic carbocycles. The van der Waals surface area contributed by atoms with E-state index >= 15 is 0 Å². The van der Waals surface area contributed by atoms with Crippen molar-refractivity contribution in [1.29, 1.82) is 0 Å². The SMILES string of the molecule is CNCc1nc(C(C)C)ncc1N1CC(C)OC(C)C1. The summed E-state index contributed by atoms with van der Waals surface area (Å²) in [6, 6.07) is 0. The lowest BCUT2D eigenvalue weighted by Crippen LogP contribution is -2.46. The van der Waals surface area contributed by atoms with Crippen LogP contribution in [0.5, 0.6) is 0 Å². The van der Waals surface area contributed by atoms with Gasteiger partial charge in [-0.1, -0.05) is 13.8 Å². The van der Waals surface area contributed by atoms with Crippen LogP contribution in [0, 0.1) is 0 Å². The number of morpholine rings is 1. The van der Waals surface area contributed by atoms with Crippen molar-refractivity contribution >= 4 is 5.69 Å². The molecule has 20 heavy (non-hydrogen) atoms. The topological polar surface area (TPSA) is 50.3 Å². The van der Waals surface area contributed by atoms with E-state index in [9.17, 15) is 0 Å². The monoisotopic (exact) mass is 278 g/mol. The fourth-order valence-corrected chi connectivity index (χ4v) is 2.64. The molecule has 1 fully saturated rings. The van der Waals surface area contributed by atoms with Crippen LogP contribution in [0.2, 0.25) is 0 Å². The average molecular weight is 278 g/mol. The van der Waals surface area contributed by atoms with Crippen LogP contribution in [0.3, 0.4) is 0 Å². The number of nitrogens with zero attached hydrogens (tertiary/aromatic N) is 3. The second-order valence-electron chi connectivity index (χ2n) is 5.91.